The Morgan fingerprint density at radius 2 is 0.933 bits per heavy atom. The highest BCUT2D eigenvalue weighted by molar-refractivity contribution is 7.98. The van der Waals surface area contributed by atoms with Gasteiger partial charge < -0.3 is 5.11 Å². The van der Waals surface area contributed by atoms with Gasteiger partial charge in [-0.2, -0.15) is 26.3 Å². The van der Waals surface area contributed by atoms with Crippen LogP contribution in [0.1, 0.15) is 78.1 Å². The topological polar surface area (TPSA) is 20.2 Å². The number of hydrogen-bond donors (Lipinski definition) is 1. The van der Waals surface area contributed by atoms with Crippen molar-refractivity contribution in [2.24, 2.45) is 23.7 Å². The maximum Gasteiger partial charge on any atom is 0.391 e. The third-order valence-corrected chi connectivity index (χ3v) is 11.5. The lowest BCUT2D eigenvalue weighted by Crippen LogP contribution is -2.49. The molecule has 8 heteroatoms. The maximum atomic E-state index is 13.1. The first kappa shape index (κ1) is 24.5. The molecule has 3 fully saturated rings. The monoisotopic (exact) mass is 461 g/mol. The lowest BCUT2D eigenvalue weighted by molar-refractivity contribution is -0.181. The van der Waals surface area contributed by atoms with E-state index in [-0.39, 0.29) is 65.0 Å². The molecule has 2 atom stereocenters. The predicted octanol–water partition coefficient (Wildman–Crippen LogP) is 6.64. The van der Waals surface area contributed by atoms with Crippen molar-refractivity contribution in [3.8, 4) is 0 Å². The second kappa shape index (κ2) is 9.40. The van der Waals surface area contributed by atoms with E-state index in [1.807, 2.05) is 13.8 Å². The molecule has 0 heterocycles. The molecule has 2 unspecified atom stereocenters. The van der Waals surface area contributed by atoms with Crippen LogP contribution in [0.3, 0.4) is 0 Å². The Morgan fingerprint density at radius 3 is 1.23 bits per heavy atom. The fourth-order valence-electron chi connectivity index (χ4n) is 6.13. The average Bonchev–Trinajstić information content (AvgIpc) is 2.66. The summed E-state index contributed by atoms with van der Waals surface area (Å²) in [6.07, 6.45) is -4.24. The number of aliphatic hydroxyl groups is 1. The predicted molar refractivity (Wildman–Crippen MR) is 108 cm³/mol. The van der Waals surface area contributed by atoms with Crippen molar-refractivity contribution in [1.82, 2.24) is 0 Å². The molecule has 0 saturated heterocycles. The van der Waals surface area contributed by atoms with Crippen molar-refractivity contribution in [2.75, 3.05) is 0 Å². The van der Waals surface area contributed by atoms with Crippen molar-refractivity contribution < 1.29 is 31.4 Å². The zero-order chi connectivity index (χ0) is 22.3. The molecule has 0 aliphatic heterocycles. The molecular formula is C22H35F6OS+. The SMILES string of the molecule is CC1CC([S+](C2CCC(C(F)(F)F)CC2)C2CCC(C(F)(F)F)CC2)CC(C)C1O. The highest BCUT2D eigenvalue weighted by Crippen LogP contribution is 2.48. The van der Waals surface area contributed by atoms with Gasteiger partial charge in [-0.3, -0.25) is 0 Å². The summed E-state index contributed by atoms with van der Waals surface area (Å²) in [7, 11) is -0.169. The molecule has 3 aliphatic carbocycles. The van der Waals surface area contributed by atoms with Crippen molar-refractivity contribution in [3.05, 3.63) is 0 Å². The maximum absolute atomic E-state index is 13.1. The van der Waals surface area contributed by atoms with E-state index < -0.39 is 24.2 Å². The lowest BCUT2D eigenvalue weighted by atomic mass is 9.80. The first-order valence-electron chi connectivity index (χ1n) is 11.4. The first-order chi connectivity index (χ1) is 13.9. The third-order valence-electron chi connectivity index (χ3n) is 7.86. The van der Waals surface area contributed by atoms with Gasteiger partial charge in [0, 0.05) is 0 Å². The van der Waals surface area contributed by atoms with Crippen LogP contribution in [-0.2, 0) is 10.9 Å². The fourth-order valence-corrected chi connectivity index (χ4v) is 10.4. The van der Waals surface area contributed by atoms with Crippen LogP contribution in [0.4, 0.5) is 26.3 Å². The number of aliphatic hydroxyl groups excluding tert-OH is 1. The van der Waals surface area contributed by atoms with Gasteiger partial charge in [-0.15, -0.1) is 0 Å². The molecule has 0 amide bonds. The molecule has 0 aromatic rings. The fraction of sp³-hybridized carbons (Fsp3) is 1.00. The molecule has 0 spiro atoms. The number of rotatable bonds is 3. The van der Waals surface area contributed by atoms with Crippen LogP contribution in [0.25, 0.3) is 0 Å². The largest absolute Gasteiger partial charge is 0.393 e. The molecule has 30 heavy (non-hydrogen) atoms. The van der Waals surface area contributed by atoms with E-state index in [1.165, 1.54) is 0 Å². The second-order valence-electron chi connectivity index (χ2n) is 9.98. The van der Waals surface area contributed by atoms with Crippen LogP contribution in [0.15, 0.2) is 0 Å². The molecule has 0 radical (unpaired) electrons. The summed E-state index contributed by atoms with van der Waals surface area (Å²) in [6, 6.07) is 0. The zero-order valence-electron chi connectivity index (χ0n) is 17.8. The quantitative estimate of drug-likeness (QED) is 0.369. The van der Waals surface area contributed by atoms with Gasteiger partial charge >= 0.3 is 12.4 Å². The summed E-state index contributed by atoms with van der Waals surface area (Å²) in [5, 5.41) is 11.1. The second-order valence-corrected chi connectivity index (χ2v) is 12.8. The van der Waals surface area contributed by atoms with Crippen LogP contribution in [0.2, 0.25) is 0 Å². The molecule has 1 nitrogen and oxygen atoms in total. The molecule has 3 saturated carbocycles. The van der Waals surface area contributed by atoms with Gasteiger partial charge in [-0.25, -0.2) is 0 Å². The Kier molecular flexibility index (Phi) is 7.69. The van der Waals surface area contributed by atoms with Crippen LogP contribution >= 0.6 is 0 Å². The van der Waals surface area contributed by atoms with E-state index in [2.05, 4.69) is 0 Å². The molecule has 1 N–H and O–H groups in total. The lowest BCUT2D eigenvalue weighted by Gasteiger charge is -2.42. The Labute approximate surface area is 178 Å². The van der Waals surface area contributed by atoms with Crippen molar-refractivity contribution in [1.29, 1.82) is 0 Å². The molecule has 0 aromatic carbocycles. The van der Waals surface area contributed by atoms with Crippen LogP contribution < -0.4 is 0 Å². The summed E-state index contributed by atoms with van der Waals surface area (Å²) in [5.41, 5.74) is 0. The van der Waals surface area contributed by atoms with Crippen molar-refractivity contribution >= 4 is 10.9 Å². The Hall–Kier alpha value is -0.110. The van der Waals surface area contributed by atoms with Gasteiger partial charge in [0.25, 0.3) is 0 Å². The minimum absolute atomic E-state index is 0.131. The molecule has 3 rings (SSSR count). The normalized spacial score (nSPS) is 42.7. The highest BCUT2D eigenvalue weighted by atomic mass is 32.2. The molecule has 0 bridgehead atoms. The summed E-state index contributed by atoms with van der Waals surface area (Å²) in [6.45, 7) is 4.05. The van der Waals surface area contributed by atoms with E-state index in [4.69, 9.17) is 0 Å². The number of alkyl halides is 6. The highest BCUT2D eigenvalue weighted by Gasteiger charge is 2.53. The number of halogens is 6. The average molecular weight is 462 g/mol. The summed E-state index contributed by atoms with van der Waals surface area (Å²) in [4.78, 5) is 0. The summed E-state index contributed by atoms with van der Waals surface area (Å²) in [5.74, 6) is -2.20. The Bertz CT molecular complexity index is 503. The molecule has 176 valence electrons. The Balaban J connectivity index is 1.73. The third kappa shape index (κ3) is 5.62. The van der Waals surface area contributed by atoms with E-state index in [1.54, 1.807) is 0 Å². The molecular weight excluding hydrogens is 426 g/mol. The minimum Gasteiger partial charge on any atom is -0.393 e. The van der Waals surface area contributed by atoms with Gasteiger partial charge in [-0.1, -0.05) is 13.8 Å². The standard InChI is InChI=1S/C22H35F6OS/c1-13-11-19(12-14(2)20(13)29)30(17-7-3-15(4-8-17)21(23,24)25)18-9-5-16(6-10-18)22(26,27)28/h13-20,29H,3-12H2,1-2H3/q+1. The van der Waals surface area contributed by atoms with Gasteiger partial charge in [0.05, 0.1) is 17.9 Å². The summed E-state index contributed by atoms with van der Waals surface area (Å²) < 4.78 is 78.9. The summed E-state index contributed by atoms with van der Waals surface area (Å²) >= 11 is 0. The Morgan fingerprint density at radius 1 is 0.600 bits per heavy atom. The van der Waals surface area contributed by atoms with Gasteiger partial charge in [0.2, 0.25) is 0 Å². The van der Waals surface area contributed by atoms with Crippen molar-refractivity contribution in [2.45, 2.75) is 112 Å². The molecule has 0 aromatic heterocycles. The molecule has 3 aliphatic rings. The minimum atomic E-state index is -4.15. The first-order valence-corrected chi connectivity index (χ1v) is 12.8. The zero-order valence-corrected chi connectivity index (χ0v) is 18.6. The van der Waals surface area contributed by atoms with Gasteiger partial charge in [-0.05, 0) is 86.9 Å². The van der Waals surface area contributed by atoms with Crippen LogP contribution in [0.5, 0.6) is 0 Å². The van der Waals surface area contributed by atoms with E-state index in [9.17, 15) is 31.4 Å². The van der Waals surface area contributed by atoms with E-state index in [0.29, 0.717) is 30.9 Å². The van der Waals surface area contributed by atoms with E-state index in [0.717, 1.165) is 12.8 Å². The number of hydrogen-bond acceptors (Lipinski definition) is 1. The van der Waals surface area contributed by atoms with Crippen LogP contribution in [-0.4, -0.2) is 39.3 Å². The van der Waals surface area contributed by atoms with Gasteiger partial charge in [0.15, 0.2) is 0 Å². The van der Waals surface area contributed by atoms with Gasteiger partial charge in [0.1, 0.15) is 15.7 Å². The van der Waals surface area contributed by atoms with E-state index >= 15 is 0 Å². The smallest absolute Gasteiger partial charge is 0.391 e. The van der Waals surface area contributed by atoms with Crippen molar-refractivity contribution in [3.63, 3.8) is 0 Å². The van der Waals surface area contributed by atoms with Crippen LogP contribution in [0, 0.1) is 23.7 Å².